The predicted molar refractivity (Wildman–Crippen MR) is 131 cm³/mol. The molecule has 7 nitrogen and oxygen atoms in total. The zero-order valence-electron chi connectivity index (χ0n) is 18.9. The number of carbonyl (C=O) groups excluding carboxylic acids is 1. The van der Waals surface area contributed by atoms with Gasteiger partial charge in [-0.3, -0.25) is 0 Å². The van der Waals surface area contributed by atoms with Gasteiger partial charge < -0.3 is 16.0 Å². The van der Waals surface area contributed by atoms with E-state index < -0.39 is 10.0 Å². The summed E-state index contributed by atoms with van der Waals surface area (Å²) in [6.45, 7) is 6.03. The molecule has 1 aromatic rings. The number of hydrogen-bond donors (Lipinski definition) is 4. The normalized spacial score (nSPS) is 15.8. The minimum absolute atomic E-state index is 0.0279. The van der Waals surface area contributed by atoms with E-state index in [-0.39, 0.29) is 22.0 Å². The first-order chi connectivity index (χ1) is 15.2. The largest absolute Gasteiger partial charge is 0.335 e. The molecular formula is C22H36Cl2N4O3S. The van der Waals surface area contributed by atoms with E-state index in [1.807, 2.05) is 0 Å². The molecule has 32 heavy (non-hydrogen) atoms. The number of benzene rings is 1. The van der Waals surface area contributed by atoms with Crippen LogP contribution in [0.25, 0.3) is 0 Å². The van der Waals surface area contributed by atoms with Crippen molar-refractivity contribution in [3.05, 3.63) is 28.2 Å². The molecule has 0 unspecified atom stereocenters. The van der Waals surface area contributed by atoms with Crippen molar-refractivity contribution in [2.45, 2.75) is 75.8 Å². The zero-order valence-corrected chi connectivity index (χ0v) is 21.3. The molecule has 1 fully saturated rings. The van der Waals surface area contributed by atoms with Gasteiger partial charge in [0.2, 0.25) is 10.0 Å². The highest BCUT2D eigenvalue weighted by atomic mass is 35.5. The van der Waals surface area contributed by atoms with Crippen molar-refractivity contribution in [2.75, 3.05) is 19.6 Å². The van der Waals surface area contributed by atoms with Gasteiger partial charge in [0, 0.05) is 30.2 Å². The van der Waals surface area contributed by atoms with Gasteiger partial charge in [-0.25, -0.2) is 17.9 Å². The maximum Gasteiger partial charge on any atom is 0.315 e. The number of urea groups is 1. The van der Waals surface area contributed by atoms with E-state index >= 15 is 0 Å². The molecule has 1 aromatic carbocycles. The Morgan fingerprint density at radius 1 is 1.12 bits per heavy atom. The summed E-state index contributed by atoms with van der Waals surface area (Å²) >= 11 is 11.8. The van der Waals surface area contributed by atoms with Crippen LogP contribution in [0.5, 0.6) is 0 Å². The number of rotatable bonds is 13. The van der Waals surface area contributed by atoms with Crippen LogP contribution in [0.2, 0.25) is 10.0 Å². The summed E-state index contributed by atoms with van der Waals surface area (Å²) in [4.78, 5) is 12.3. The standard InChI is InChI=1S/C22H36Cl2N4O3S/c1-16(2)13-19(28-22(29)27-18-7-3-4-8-18)15-25-11-5-6-12-26-32(30,31)21-10-9-17(23)14-20(21)24/h9-10,14,16,18-19,25-26H,3-8,11-13,15H2,1-2H3,(H2,27,28,29)/t19-/m0/s1. The van der Waals surface area contributed by atoms with E-state index in [1.54, 1.807) is 0 Å². The lowest BCUT2D eigenvalue weighted by atomic mass is 10.0. The van der Waals surface area contributed by atoms with Crippen LogP contribution < -0.4 is 20.7 Å². The molecule has 0 spiro atoms. The average Bonchev–Trinajstić information content (AvgIpc) is 3.19. The van der Waals surface area contributed by atoms with Crippen molar-refractivity contribution in [2.24, 2.45) is 5.92 Å². The number of sulfonamides is 1. The van der Waals surface area contributed by atoms with Gasteiger partial charge in [-0.2, -0.15) is 0 Å². The number of carbonyl (C=O) groups is 1. The number of halogens is 2. The van der Waals surface area contributed by atoms with Crippen molar-refractivity contribution >= 4 is 39.3 Å². The lowest BCUT2D eigenvalue weighted by Crippen LogP contribution is -2.49. The molecule has 2 rings (SSSR count). The van der Waals surface area contributed by atoms with Crippen LogP contribution in [0, 0.1) is 5.92 Å². The van der Waals surface area contributed by atoms with Gasteiger partial charge in [-0.15, -0.1) is 0 Å². The van der Waals surface area contributed by atoms with Crippen LogP contribution in [0.15, 0.2) is 23.1 Å². The molecule has 0 bridgehead atoms. The fourth-order valence-electron chi connectivity index (χ4n) is 3.87. The maximum atomic E-state index is 12.4. The second-order valence-electron chi connectivity index (χ2n) is 8.81. The first-order valence-corrected chi connectivity index (χ1v) is 13.6. The molecule has 4 N–H and O–H groups in total. The molecule has 182 valence electrons. The Kier molecular flexibility index (Phi) is 11.6. The van der Waals surface area contributed by atoms with E-state index in [4.69, 9.17) is 23.2 Å². The summed E-state index contributed by atoms with van der Waals surface area (Å²) < 4.78 is 27.3. The Bertz CT molecular complexity index is 830. The smallest absolute Gasteiger partial charge is 0.315 e. The SMILES string of the molecule is CC(C)C[C@@H](CNCCCCNS(=O)(=O)c1ccc(Cl)cc1Cl)NC(=O)NC1CCCC1. The predicted octanol–water partition coefficient (Wildman–Crippen LogP) is 4.30. The molecule has 0 heterocycles. The summed E-state index contributed by atoms with van der Waals surface area (Å²) in [5.41, 5.74) is 0. The summed E-state index contributed by atoms with van der Waals surface area (Å²) in [5, 5.41) is 10.0. The fourth-order valence-corrected chi connectivity index (χ4v) is 5.72. The van der Waals surface area contributed by atoms with Crippen LogP contribution in [-0.4, -0.2) is 46.2 Å². The average molecular weight is 508 g/mol. The fraction of sp³-hybridized carbons (Fsp3) is 0.682. The van der Waals surface area contributed by atoms with Crippen LogP contribution in [-0.2, 0) is 10.0 Å². The van der Waals surface area contributed by atoms with E-state index in [0.29, 0.717) is 36.5 Å². The van der Waals surface area contributed by atoms with Gasteiger partial charge in [-0.05, 0) is 62.8 Å². The van der Waals surface area contributed by atoms with Gasteiger partial charge in [0.15, 0.2) is 0 Å². The first kappa shape index (κ1) is 27.2. The second kappa shape index (κ2) is 13.6. The highest BCUT2D eigenvalue weighted by Gasteiger charge is 2.20. The van der Waals surface area contributed by atoms with E-state index in [0.717, 1.165) is 32.2 Å². The van der Waals surface area contributed by atoms with Crippen molar-refractivity contribution in [3.63, 3.8) is 0 Å². The van der Waals surface area contributed by atoms with Crippen molar-refractivity contribution in [3.8, 4) is 0 Å². The van der Waals surface area contributed by atoms with Crippen LogP contribution in [0.4, 0.5) is 4.79 Å². The first-order valence-electron chi connectivity index (χ1n) is 11.4. The zero-order chi connectivity index (χ0) is 23.6. The quantitative estimate of drug-likeness (QED) is 0.299. The highest BCUT2D eigenvalue weighted by molar-refractivity contribution is 7.89. The molecule has 2 amide bonds. The van der Waals surface area contributed by atoms with Crippen LogP contribution in [0.3, 0.4) is 0 Å². The third-order valence-electron chi connectivity index (χ3n) is 5.43. The van der Waals surface area contributed by atoms with Crippen LogP contribution >= 0.6 is 23.2 Å². The summed E-state index contributed by atoms with van der Waals surface area (Å²) in [6.07, 6.45) is 6.88. The molecular weight excluding hydrogens is 471 g/mol. The molecule has 1 saturated carbocycles. The number of hydrogen-bond acceptors (Lipinski definition) is 4. The molecule has 0 saturated heterocycles. The Hall–Kier alpha value is -1.06. The Labute approximate surface area is 202 Å². The summed E-state index contributed by atoms with van der Waals surface area (Å²) in [6, 6.07) is 4.59. The van der Waals surface area contributed by atoms with Gasteiger partial charge in [0.1, 0.15) is 4.90 Å². The number of amides is 2. The highest BCUT2D eigenvalue weighted by Crippen LogP contribution is 2.24. The molecule has 10 heteroatoms. The molecule has 0 radical (unpaired) electrons. The summed E-state index contributed by atoms with van der Waals surface area (Å²) in [5.74, 6) is 0.475. The topological polar surface area (TPSA) is 99.3 Å². The maximum absolute atomic E-state index is 12.4. The van der Waals surface area contributed by atoms with E-state index in [1.165, 1.54) is 31.0 Å². The lowest BCUT2D eigenvalue weighted by molar-refractivity contribution is 0.230. The second-order valence-corrected chi connectivity index (χ2v) is 11.4. The number of nitrogens with one attached hydrogen (secondary N) is 4. The Balaban J connectivity index is 1.66. The minimum atomic E-state index is -3.67. The molecule has 1 atom stereocenters. The Morgan fingerprint density at radius 3 is 2.47 bits per heavy atom. The van der Waals surface area contributed by atoms with E-state index in [2.05, 4.69) is 34.5 Å². The summed E-state index contributed by atoms with van der Waals surface area (Å²) in [7, 11) is -3.67. The lowest BCUT2D eigenvalue weighted by Gasteiger charge is -2.23. The molecule has 1 aliphatic carbocycles. The van der Waals surface area contributed by atoms with Gasteiger partial charge >= 0.3 is 6.03 Å². The van der Waals surface area contributed by atoms with Crippen molar-refractivity contribution in [1.29, 1.82) is 0 Å². The van der Waals surface area contributed by atoms with E-state index in [9.17, 15) is 13.2 Å². The number of unbranched alkanes of at least 4 members (excludes halogenated alkanes) is 1. The van der Waals surface area contributed by atoms with Crippen LogP contribution in [0.1, 0.15) is 58.8 Å². The Morgan fingerprint density at radius 2 is 1.81 bits per heavy atom. The van der Waals surface area contributed by atoms with Gasteiger partial charge in [-0.1, -0.05) is 49.9 Å². The van der Waals surface area contributed by atoms with Gasteiger partial charge in [0.25, 0.3) is 0 Å². The third-order valence-corrected chi connectivity index (χ3v) is 7.61. The monoisotopic (exact) mass is 506 g/mol. The molecule has 1 aliphatic rings. The molecule has 0 aromatic heterocycles. The van der Waals surface area contributed by atoms with Gasteiger partial charge in [0.05, 0.1) is 5.02 Å². The third kappa shape index (κ3) is 9.83. The minimum Gasteiger partial charge on any atom is -0.335 e. The molecule has 0 aliphatic heterocycles. The van der Waals surface area contributed by atoms with Crippen molar-refractivity contribution in [1.82, 2.24) is 20.7 Å². The van der Waals surface area contributed by atoms with Crippen molar-refractivity contribution < 1.29 is 13.2 Å².